The van der Waals surface area contributed by atoms with Crippen LogP contribution in [0, 0.1) is 11.3 Å². The van der Waals surface area contributed by atoms with Gasteiger partial charge in [0, 0.05) is 37.6 Å². The molecule has 6 nitrogen and oxygen atoms in total. The van der Waals surface area contributed by atoms with Crippen LogP contribution in [0.4, 0.5) is 11.6 Å². The molecule has 0 bridgehead atoms. The number of rotatable bonds is 10. The smallest absolute Gasteiger partial charge is 0.138 e. The Labute approximate surface area is 262 Å². The lowest BCUT2D eigenvalue weighted by Crippen LogP contribution is -2.46. The number of anilines is 2. The van der Waals surface area contributed by atoms with E-state index in [1.165, 1.54) is 52.2 Å². The van der Waals surface area contributed by atoms with E-state index in [0.717, 1.165) is 81.6 Å². The van der Waals surface area contributed by atoms with Crippen LogP contribution in [0.25, 0.3) is 16.6 Å². The Kier molecular flexibility index (Phi) is 9.01. The van der Waals surface area contributed by atoms with Crippen LogP contribution in [-0.2, 0) is 13.1 Å². The van der Waals surface area contributed by atoms with Gasteiger partial charge in [-0.15, -0.1) is 0 Å². The van der Waals surface area contributed by atoms with E-state index in [9.17, 15) is 0 Å². The third kappa shape index (κ3) is 7.38. The number of hydrogen-bond acceptors (Lipinski definition) is 6. The van der Waals surface area contributed by atoms with E-state index in [1.807, 2.05) is 0 Å². The van der Waals surface area contributed by atoms with Gasteiger partial charge in [0.05, 0.1) is 17.6 Å². The summed E-state index contributed by atoms with van der Waals surface area (Å²) < 4.78 is 6.01. The Morgan fingerprint density at radius 2 is 1.88 bits per heavy atom. The van der Waals surface area contributed by atoms with E-state index in [2.05, 4.69) is 102 Å². The first-order chi connectivity index (χ1) is 20.7. The van der Waals surface area contributed by atoms with Gasteiger partial charge in [0.25, 0.3) is 0 Å². The van der Waals surface area contributed by atoms with E-state index in [1.54, 1.807) is 11.9 Å². The quantitative estimate of drug-likeness (QED) is 0.236. The molecule has 3 aromatic rings. The van der Waals surface area contributed by atoms with Crippen molar-refractivity contribution in [3.63, 3.8) is 0 Å². The normalized spacial score (nSPS) is 18.4. The lowest BCUT2D eigenvalue weighted by Gasteiger charge is -2.35. The standard InChI is InChI=1S/C36H48N6S/c1-26-10-6-7-13-32(26)43-39-33-14-9-15-34(38-33)41-20-18-40(19-21-41)25-35-37-30-17-16-29(27(2)23-36(3,4)5)22-31(30)42(35)24-28-11-8-12-28/h7,9,13-17,22,28H,2,6,8,10-12,18-21,23-25H2,1,3-5H3,(H,38,39). The van der Waals surface area contributed by atoms with Gasteiger partial charge in [0.1, 0.15) is 17.5 Å². The van der Waals surface area contributed by atoms with E-state index >= 15 is 0 Å². The van der Waals surface area contributed by atoms with Crippen molar-refractivity contribution in [1.82, 2.24) is 19.4 Å². The third-order valence-electron chi connectivity index (χ3n) is 9.08. The first kappa shape index (κ1) is 30.0. The fourth-order valence-electron chi connectivity index (χ4n) is 6.37. The Bertz CT molecular complexity index is 1510. The van der Waals surface area contributed by atoms with E-state index in [0.29, 0.717) is 0 Å². The zero-order chi connectivity index (χ0) is 30.0. The van der Waals surface area contributed by atoms with Crippen molar-refractivity contribution < 1.29 is 0 Å². The molecule has 0 spiro atoms. The molecule has 43 heavy (non-hydrogen) atoms. The average Bonchev–Trinajstić information content (AvgIpc) is 3.30. The molecule has 2 fully saturated rings. The van der Waals surface area contributed by atoms with Crippen molar-refractivity contribution in [2.75, 3.05) is 35.8 Å². The minimum Gasteiger partial charge on any atom is -0.354 e. The fourth-order valence-corrected chi connectivity index (χ4v) is 7.14. The lowest BCUT2D eigenvalue weighted by molar-refractivity contribution is 0.231. The van der Waals surface area contributed by atoms with Gasteiger partial charge in [-0.25, -0.2) is 9.97 Å². The highest BCUT2D eigenvalue weighted by Gasteiger charge is 2.25. The molecule has 0 atom stereocenters. The molecular formula is C36H48N6S. The van der Waals surface area contributed by atoms with Crippen molar-refractivity contribution in [2.45, 2.75) is 79.3 Å². The summed E-state index contributed by atoms with van der Waals surface area (Å²) in [5.41, 5.74) is 6.52. The minimum absolute atomic E-state index is 0.224. The molecule has 7 heteroatoms. The zero-order valence-corrected chi connectivity index (χ0v) is 27.3. The molecule has 0 radical (unpaired) electrons. The largest absolute Gasteiger partial charge is 0.354 e. The molecule has 2 aliphatic carbocycles. The maximum atomic E-state index is 5.19. The second-order valence-corrected chi connectivity index (χ2v) is 14.8. The van der Waals surface area contributed by atoms with Crippen LogP contribution < -0.4 is 9.62 Å². The Morgan fingerprint density at radius 1 is 1.07 bits per heavy atom. The summed E-state index contributed by atoms with van der Waals surface area (Å²) in [6.45, 7) is 19.4. The van der Waals surface area contributed by atoms with Crippen LogP contribution in [0.3, 0.4) is 0 Å². The Morgan fingerprint density at radius 3 is 2.60 bits per heavy atom. The highest BCUT2D eigenvalue weighted by Crippen LogP contribution is 2.34. The van der Waals surface area contributed by atoms with Crippen molar-refractivity contribution >= 4 is 40.2 Å². The number of benzene rings is 1. The number of nitrogens with zero attached hydrogens (tertiary/aromatic N) is 5. The second kappa shape index (κ2) is 12.9. The predicted molar refractivity (Wildman–Crippen MR) is 184 cm³/mol. The highest BCUT2D eigenvalue weighted by atomic mass is 32.2. The number of imidazole rings is 1. The molecule has 2 aromatic heterocycles. The highest BCUT2D eigenvalue weighted by molar-refractivity contribution is 8.04. The van der Waals surface area contributed by atoms with Crippen molar-refractivity contribution in [3.05, 3.63) is 77.0 Å². The molecule has 3 heterocycles. The summed E-state index contributed by atoms with van der Waals surface area (Å²) in [5, 5.41) is 0. The molecule has 3 aliphatic rings. The summed E-state index contributed by atoms with van der Waals surface area (Å²) in [5.74, 6) is 3.94. The van der Waals surface area contributed by atoms with Gasteiger partial charge in [-0.05, 0) is 97.7 Å². The first-order valence-electron chi connectivity index (χ1n) is 16.1. The number of allylic oxidation sites excluding steroid dienone is 4. The molecular weight excluding hydrogens is 549 g/mol. The number of hydrogen-bond donors (Lipinski definition) is 1. The zero-order valence-electron chi connectivity index (χ0n) is 26.5. The second-order valence-electron chi connectivity index (χ2n) is 13.9. The molecule has 6 rings (SSSR count). The Hall–Kier alpha value is -3.03. The summed E-state index contributed by atoms with van der Waals surface area (Å²) >= 11 is 1.67. The van der Waals surface area contributed by atoms with E-state index in [4.69, 9.17) is 9.97 Å². The van der Waals surface area contributed by atoms with Gasteiger partial charge in [0.2, 0.25) is 0 Å². The van der Waals surface area contributed by atoms with Crippen LogP contribution in [0.15, 0.2) is 65.6 Å². The average molecular weight is 597 g/mol. The van der Waals surface area contributed by atoms with Gasteiger partial charge in [-0.2, -0.15) is 0 Å². The summed E-state index contributed by atoms with van der Waals surface area (Å²) in [7, 11) is 0. The van der Waals surface area contributed by atoms with Crippen LogP contribution in [-0.4, -0.2) is 45.6 Å². The summed E-state index contributed by atoms with van der Waals surface area (Å²) in [6, 6.07) is 13.1. The SMILES string of the molecule is C=C(CC(C)(C)C)c1ccc2nc(CN3CCN(c4cccc(NSC5=C(C)CCC=C5)n4)CC3)n(CC3CCC3)c2c1. The predicted octanol–water partition coefficient (Wildman–Crippen LogP) is 8.69. The van der Waals surface area contributed by atoms with Crippen molar-refractivity contribution in [2.24, 2.45) is 11.3 Å². The molecule has 0 unspecified atom stereocenters. The van der Waals surface area contributed by atoms with Gasteiger partial charge in [-0.3, -0.25) is 4.90 Å². The summed E-state index contributed by atoms with van der Waals surface area (Å²) in [4.78, 5) is 16.4. The maximum absolute atomic E-state index is 5.19. The minimum atomic E-state index is 0.224. The molecule has 1 N–H and O–H groups in total. The number of fused-ring (bicyclic) bond motifs is 1. The topological polar surface area (TPSA) is 49.2 Å². The van der Waals surface area contributed by atoms with Crippen LogP contribution in [0.1, 0.15) is 77.6 Å². The maximum Gasteiger partial charge on any atom is 0.138 e. The van der Waals surface area contributed by atoms with Crippen molar-refractivity contribution in [1.29, 1.82) is 0 Å². The fraction of sp³-hybridized carbons (Fsp3) is 0.500. The van der Waals surface area contributed by atoms with E-state index < -0.39 is 0 Å². The molecule has 1 saturated carbocycles. The number of nitrogens with one attached hydrogen (secondary N) is 1. The first-order valence-corrected chi connectivity index (χ1v) is 16.9. The molecule has 1 saturated heterocycles. The van der Waals surface area contributed by atoms with Gasteiger partial charge < -0.3 is 14.2 Å². The molecule has 1 aromatic carbocycles. The number of aromatic nitrogens is 3. The van der Waals surface area contributed by atoms with Crippen LogP contribution in [0.2, 0.25) is 0 Å². The molecule has 1 aliphatic heterocycles. The summed E-state index contributed by atoms with van der Waals surface area (Å²) in [6.07, 6.45) is 11.8. The molecule has 228 valence electrons. The third-order valence-corrected chi connectivity index (χ3v) is 10.1. The van der Waals surface area contributed by atoms with Gasteiger partial charge >= 0.3 is 0 Å². The lowest BCUT2D eigenvalue weighted by atomic mass is 9.85. The van der Waals surface area contributed by atoms with Crippen LogP contribution >= 0.6 is 11.9 Å². The molecule has 0 amide bonds. The van der Waals surface area contributed by atoms with Gasteiger partial charge in [0.15, 0.2) is 0 Å². The van der Waals surface area contributed by atoms with Crippen molar-refractivity contribution in [3.8, 4) is 0 Å². The van der Waals surface area contributed by atoms with Gasteiger partial charge in [-0.1, -0.05) is 63.6 Å². The Balaban J connectivity index is 1.12. The monoisotopic (exact) mass is 596 g/mol. The number of piperazine rings is 1. The van der Waals surface area contributed by atoms with E-state index in [-0.39, 0.29) is 5.41 Å². The van der Waals surface area contributed by atoms with Crippen LogP contribution in [0.5, 0.6) is 0 Å². The number of pyridine rings is 1.